The van der Waals surface area contributed by atoms with Crippen LogP contribution in [0.25, 0.3) is 0 Å². The van der Waals surface area contributed by atoms with Crippen molar-refractivity contribution in [2.24, 2.45) is 22.2 Å². The fraction of sp³-hybridized carbons (Fsp3) is 0.917. The third kappa shape index (κ3) is 3.79. The van der Waals surface area contributed by atoms with Crippen LogP contribution in [0.3, 0.4) is 0 Å². The average molecular weight is 425 g/mol. The molecule has 0 heterocycles. The lowest BCUT2D eigenvalue weighted by molar-refractivity contribution is -0.286. The Morgan fingerprint density at radius 3 is 1.83 bits per heavy atom. The molecule has 0 radical (unpaired) electrons. The minimum absolute atomic E-state index is 0.286. The summed E-state index contributed by atoms with van der Waals surface area (Å²) in [6.07, 6.45) is 5.01. The Morgan fingerprint density at radius 1 is 0.900 bits per heavy atom. The van der Waals surface area contributed by atoms with Crippen LogP contribution in [-0.4, -0.2) is 45.6 Å². The zero-order valence-electron chi connectivity index (χ0n) is 19.8. The van der Waals surface area contributed by atoms with E-state index in [0.29, 0.717) is 19.3 Å². The molecule has 0 aromatic carbocycles. The molecule has 0 aliphatic heterocycles. The van der Waals surface area contributed by atoms with E-state index in [-0.39, 0.29) is 5.92 Å². The Kier molecular flexibility index (Phi) is 5.43. The summed E-state index contributed by atoms with van der Waals surface area (Å²) in [5, 5.41) is 22.2. The molecule has 0 spiro atoms. The third-order valence-corrected chi connectivity index (χ3v) is 8.70. The highest BCUT2D eigenvalue weighted by atomic mass is 16.6. The van der Waals surface area contributed by atoms with Gasteiger partial charge in [-0.1, -0.05) is 6.92 Å². The van der Waals surface area contributed by atoms with Crippen LogP contribution in [0.1, 0.15) is 93.4 Å². The Labute approximate surface area is 180 Å². The van der Waals surface area contributed by atoms with Crippen LogP contribution in [0.4, 0.5) is 0 Å². The molecule has 4 saturated carbocycles. The number of ether oxygens (including phenoxy) is 2. The summed E-state index contributed by atoms with van der Waals surface area (Å²) in [6.45, 7) is 12.4. The van der Waals surface area contributed by atoms with Crippen LogP contribution in [0.15, 0.2) is 0 Å². The van der Waals surface area contributed by atoms with Crippen molar-refractivity contribution in [1.82, 2.24) is 0 Å². The first-order valence-corrected chi connectivity index (χ1v) is 11.3. The lowest BCUT2D eigenvalue weighted by Crippen LogP contribution is -2.70. The average Bonchev–Trinajstić information content (AvgIpc) is 2.56. The van der Waals surface area contributed by atoms with Gasteiger partial charge in [0.15, 0.2) is 6.61 Å². The Bertz CT molecular complexity index is 680. The highest BCUT2D eigenvalue weighted by molar-refractivity contribution is 5.80. The van der Waals surface area contributed by atoms with E-state index in [2.05, 4.69) is 0 Å². The van der Waals surface area contributed by atoms with Gasteiger partial charge in [-0.05, 0) is 92.4 Å². The van der Waals surface area contributed by atoms with Gasteiger partial charge in [0.2, 0.25) is 0 Å². The molecule has 4 bridgehead atoms. The molecule has 0 amide bonds. The number of rotatable bonds is 7. The van der Waals surface area contributed by atoms with E-state index in [9.17, 15) is 19.8 Å². The van der Waals surface area contributed by atoms with E-state index in [1.807, 2.05) is 34.6 Å². The second-order valence-corrected chi connectivity index (χ2v) is 12.2. The molecular weight excluding hydrogens is 384 g/mol. The lowest BCUT2D eigenvalue weighted by Gasteiger charge is -2.70. The summed E-state index contributed by atoms with van der Waals surface area (Å²) in [4.78, 5) is 25.0. The standard InChI is InChI=1S/C24H40O6/c1-8-19(2,3)18(26)29-12-17(25)30-24-11-16-9-22(14-24,20(4,5)27)13-23(10-16,15-24)21(6,7)28/h16,27-28H,8-15H2,1-7H3. The van der Waals surface area contributed by atoms with Crippen molar-refractivity contribution in [3.63, 3.8) is 0 Å². The number of aliphatic hydroxyl groups is 2. The van der Waals surface area contributed by atoms with Crippen molar-refractivity contribution in [1.29, 1.82) is 0 Å². The van der Waals surface area contributed by atoms with E-state index in [1.54, 1.807) is 13.8 Å². The monoisotopic (exact) mass is 424 g/mol. The highest BCUT2D eigenvalue weighted by Crippen LogP contribution is 2.72. The van der Waals surface area contributed by atoms with Crippen LogP contribution >= 0.6 is 0 Å². The summed E-state index contributed by atoms with van der Waals surface area (Å²) in [5.74, 6) is -0.671. The molecule has 30 heavy (non-hydrogen) atoms. The fourth-order valence-electron chi connectivity index (χ4n) is 6.56. The van der Waals surface area contributed by atoms with Gasteiger partial charge in [0, 0.05) is 10.8 Å². The maximum absolute atomic E-state index is 12.7. The van der Waals surface area contributed by atoms with Gasteiger partial charge >= 0.3 is 11.9 Å². The Balaban J connectivity index is 1.82. The van der Waals surface area contributed by atoms with Crippen molar-refractivity contribution in [3.8, 4) is 0 Å². The van der Waals surface area contributed by atoms with Crippen LogP contribution < -0.4 is 0 Å². The van der Waals surface area contributed by atoms with Gasteiger partial charge in [0.25, 0.3) is 0 Å². The van der Waals surface area contributed by atoms with E-state index in [1.165, 1.54) is 0 Å². The molecule has 4 fully saturated rings. The molecule has 0 saturated heterocycles. The second kappa shape index (κ2) is 6.93. The van der Waals surface area contributed by atoms with Crippen molar-refractivity contribution in [2.75, 3.05) is 6.61 Å². The van der Waals surface area contributed by atoms with Crippen LogP contribution in [0.5, 0.6) is 0 Å². The molecule has 2 unspecified atom stereocenters. The minimum Gasteiger partial charge on any atom is -0.456 e. The van der Waals surface area contributed by atoms with Crippen molar-refractivity contribution in [3.05, 3.63) is 0 Å². The SMILES string of the molecule is CCC(C)(C)C(=O)OCC(=O)OC12CC3CC(C(C)(C)O)(C1)CC(C(C)(C)O)(C3)C2. The van der Waals surface area contributed by atoms with Gasteiger partial charge in [-0.15, -0.1) is 0 Å². The number of hydrogen-bond acceptors (Lipinski definition) is 6. The first-order chi connectivity index (χ1) is 13.5. The van der Waals surface area contributed by atoms with Crippen molar-refractivity contribution in [2.45, 2.75) is 110 Å². The minimum atomic E-state index is -0.946. The summed E-state index contributed by atoms with van der Waals surface area (Å²) in [6, 6.07) is 0. The van der Waals surface area contributed by atoms with Gasteiger partial charge in [-0.3, -0.25) is 4.79 Å². The summed E-state index contributed by atoms with van der Waals surface area (Å²) >= 11 is 0. The van der Waals surface area contributed by atoms with E-state index >= 15 is 0 Å². The highest BCUT2D eigenvalue weighted by Gasteiger charge is 2.70. The molecule has 4 aliphatic rings. The molecule has 2 atom stereocenters. The normalized spacial score (nSPS) is 36.0. The number of esters is 2. The van der Waals surface area contributed by atoms with Crippen LogP contribution in [0, 0.1) is 22.2 Å². The number of hydrogen-bond donors (Lipinski definition) is 2. The maximum Gasteiger partial charge on any atom is 0.344 e. The molecule has 6 heteroatoms. The first kappa shape index (κ1) is 23.5. The number of carbonyl (C=O) groups is 2. The Hall–Kier alpha value is -1.14. The van der Waals surface area contributed by atoms with Gasteiger partial charge in [-0.25, -0.2) is 4.79 Å². The van der Waals surface area contributed by atoms with Crippen molar-refractivity contribution >= 4 is 11.9 Å². The molecule has 4 aliphatic carbocycles. The van der Waals surface area contributed by atoms with Crippen molar-refractivity contribution < 1.29 is 29.3 Å². The smallest absolute Gasteiger partial charge is 0.344 e. The second-order valence-electron chi connectivity index (χ2n) is 12.2. The summed E-state index contributed by atoms with van der Waals surface area (Å²) in [7, 11) is 0. The zero-order valence-corrected chi connectivity index (χ0v) is 19.8. The summed E-state index contributed by atoms with van der Waals surface area (Å²) in [5.41, 5.74) is -4.09. The summed E-state index contributed by atoms with van der Waals surface area (Å²) < 4.78 is 11.3. The van der Waals surface area contributed by atoms with Gasteiger partial charge < -0.3 is 19.7 Å². The predicted molar refractivity (Wildman–Crippen MR) is 113 cm³/mol. The van der Waals surface area contributed by atoms with Crippen LogP contribution in [-0.2, 0) is 19.1 Å². The largest absolute Gasteiger partial charge is 0.456 e. The van der Waals surface area contributed by atoms with E-state index < -0.39 is 51.6 Å². The van der Waals surface area contributed by atoms with Gasteiger partial charge in [0.05, 0.1) is 16.6 Å². The van der Waals surface area contributed by atoms with Crippen LogP contribution in [0.2, 0.25) is 0 Å². The Morgan fingerprint density at radius 2 is 1.40 bits per heavy atom. The fourth-order valence-corrected chi connectivity index (χ4v) is 6.56. The number of carbonyl (C=O) groups excluding carboxylic acids is 2. The van der Waals surface area contributed by atoms with Gasteiger partial charge in [-0.2, -0.15) is 0 Å². The molecule has 4 rings (SSSR count). The topological polar surface area (TPSA) is 93.1 Å². The first-order valence-electron chi connectivity index (χ1n) is 11.3. The van der Waals surface area contributed by atoms with Gasteiger partial charge in [0.1, 0.15) is 5.60 Å². The molecule has 6 nitrogen and oxygen atoms in total. The lowest BCUT2D eigenvalue weighted by atomic mass is 9.37. The molecule has 0 aromatic heterocycles. The molecule has 2 N–H and O–H groups in total. The van der Waals surface area contributed by atoms with E-state index in [4.69, 9.17) is 9.47 Å². The molecule has 0 aromatic rings. The van der Waals surface area contributed by atoms with E-state index in [0.717, 1.165) is 25.7 Å². The molecule has 172 valence electrons. The zero-order chi connectivity index (χ0) is 22.8. The molecular formula is C24H40O6. The quantitative estimate of drug-likeness (QED) is 0.605. The third-order valence-electron chi connectivity index (χ3n) is 8.70. The maximum atomic E-state index is 12.7. The predicted octanol–water partition coefficient (Wildman–Crippen LogP) is 3.76.